The third kappa shape index (κ3) is 5.00. The molecule has 0 saturated heterocycles. The highest BCUT2D eigenvalue weighted by atomic mass is 35.7. The molecular formula is C9H12ClF3N2O3S. The third-order valence-electron chi connectivity index (χ3n) is 2.09. The van der Waals surface area contributed by atoms with E-state index in [1.807, 2.05) is 6.92 Å². The molecule has 0 fully saturated rings. The van der Waals surface area contributed by atoms with Crippen LogP contribution >= 0.6 is 10.7 Å². The molecule has 0 aliphatic heterocycles. The highest BCUT2D eigenvalue weighted by Crippen LogP contribution is 2.24. The van der Waals surface area contributed by atoms with Crippen molar-refractivity contribution in [1.29, 1.82) is 0 Å². The van der Waals surface area contributed by atoms with Crippen molar-refractivity contribution in [2.75, 3.05) is 6.61 Å². The highest BCUT2D eigenvalue weighted by Gasteiger charge is 2.31. The summed E-state index contributed by atoms with van der Waals surface area (Å²) < 4.78 is 65.1. The van der Waals surface area contributed by atoms with E-state index in [9.17, 15) is 21.6 Å². The lowest BCUT2D eigenvalue weighted by Crippen LogP contribution is -2.21. The number of hydrogen-bond donors (Lipinski definition) is 0. The van der Waals surface area contributed by atoms with E-state index < -0.39 is 26.7 Å². The SMILES string of the molecule is CCCOCc1c(S(=O)(=O)Cl)cnn1CC(F)(F)F. The van der Waals surface area contributed by atoms with Crippen molar-refractivity contribution in [2.24, 2.45) is 0 Å². The van der Waals surface area contributed by atoms with Crippen molar-refractivity contribution in [3.05, 3.63) is 11.9 Å². The Morgan fingerprint density at radius 2 is 2.11 bits per heavy atom. The minimum Gasteiger partial charge on any atom is -0.375 e. The summed E-state index contributed by atoms with van der Waals surface area (Å²) in [4.78, 5) is -0.463. The molecule has 0 atom stereocenters. The minimum atomic E-state index is -4.52. The van der Waals surface area contributed by atoms with Gasteiger partial charge in [-0.05, 0) is 6.42 Å². The molecule has 0 aliphatic rings. The lowest BCUT2D eigenvalue weighted by molar-refractivity contribution is -0.143. The van der Waals surface area contributed by atoms with E-state index in [0.717, 1.165) is 6.20 Å². The Morgan fingerprint density at radius 3 is 2.58 bits per heavy atom. The average Bonchev–Trinajstić information content (AvgIpc) is 2.59. The van der Waals surface area contributed by atoms with Crippen molar-refractivity contribution in [3.63, 3.8) is 0 Å². The van der Waals surface area contributed by atoms with Crippen LogP contribution in [-0.2, 0) is 26.9 Å². The molecule has 0 radical (unpaired) electrons. The van der Waals surface area contributed by atoms with Crippen molar-refractivity contribution in [2.45, 2.75) is 37.6 Å². The summed E-state index contributed by atoms with van der Waals surface area (Å²) in [6, 6.07) is 0. The van der Waals surface area contributed by atoms with Gasteiger partial charge < -0.3 is 4.74 Å². The Labute approximate surface area is 112 Å². The normalized spacial score (nSPS) is 12.9. The molecule has 1 aromatic rings. The fourth-order valence-corrected chi connectivity index (χ4v) is 2.37. The first kappa shape index (κ1) is 16.3. The van der Waals surface area contributed by atoms with Crippen LogP contribution in [0.3, 0.4) is 0 Å². The molecule has 110 valence electrons. The summed E-state index contributed by atoms with van der Waals surface area (Å²) in [5, 5.41) is 3.40. The van der Waals surface area contributed by atoms with Gasteiger partial charge in [0.2, 0.25) is 0 Å². The van der Waals surface area contributed by atoms with Crippen molar-refractivity contribution in [1.82, 2.24) is 9.78 Å². The molecule has 0 spiro atoms. The van der Waals surface area contributed by atoms with Crippen LogP contribution in [0.15, 0.2) is 11.1 Å². The summed E-state index contributed by atoms with van der Waals surface area (Å²) in [5.74, 6) is 0. The number of halogens is 4. The van der Waals surface area contributed by atoms with Gasteiger partial charge in [-0.1, -0.05) is 6.92 Å². The molecule has 0 amide bonds. The van der Waals surface area contributed by atoms with Crippen LogP contribution in [0.5, 0.6) is 0 Å². The highest BCUT2D eigenvalue weighted by molar-refractivity contribution is 8.13. The monoisotopic (exact) mass is 320 g/mol. The van der Waals surface area contributed by atoms with E-state index in [1.54, 1.807) is 0 Å². The molecular weight excluding hydrogens is 309 g/mol. The van der Waals surface area contributed by atoms with Crippen LogP contribution in [0, 0.1) is 0 Å². The van der Waals surface area contributed by atoms with Crippen molar-refractivity contribution < 1.29 is 26.3 Å². The van der Waals surface area contributed by atoms with Crippen molar-refractivity contribution in [3.8, 4) is 0 Å². The number of alkyl halides is 3. The second-order valence-corrected chi connectivity index (χ2v) is 6.25. The Balaban J connectivity index is 3.07. The number of nitrogens with zero attached hydrogens (tertiary/aromatic N) is 2. The molecule has 0 aromatic carbocycles. The second kappa shape index (κ2) is 6.10. The van der Waals surface area contributed by atoms with E-state index >= 15 is 0 Å². The summed E-state index contributed by atoms with van der Waals surface area (Å²) in [6.45, 7) is 0.403. The standard InChI is InChI=1S/C9H12ClF3N2O3S/c1-2-3-18-5-7-8(19(10,16)17)4-14-15(7)6-9(11,12)13/h4H,2-3,5-6H2,1H3. The van der Waals surface area contributed by atoms with Crippen LogP contribution < -0.4 is 0 Å². The Bertz CT molecular complexity index is 527. The maximum atomic E-state index is 12.3. The smallest absolute Gasteiger partial charge is 0.375 e. The molecule has 0 bridgehead atoms. The molecule has 1 heterocycles. The second-order valence-electron chi connectivity index (χ2n) is 3.72. The van der Waals surface area contributed by atoms with Crippen LogP contribution in [0.1, 0.15) is 19.0 Å². The molecule has 5 nitrogen and oxygen atoms in total. The van der Waals surface area contributed by atoms with Crippen LogP contribution in [-0.4, -0.2) is 31.0 Å². The Kier molecular flexibility index (Phi) is 5.22. The van der Waals surface area contributed by atoms with Gasteiger partial charge in [0.25, 0.3) is 9.05 Å². The maximum Gasteiger partial charge on any atom is 0.408 e. The molecule has 19 heavy (non-hydrogen) atoms. The largest absolute Gasteiger partial charge is 0.408 e. The Morgan fingerprint density at radius 1 is 1.47 bits per heavy atom. The lowest BCUT2D eigenvalue weighted by Gasteiger charge is -2.11. The zero-order valence-corrected chi connectivity index (χ0v) is 11.5. The average molecular weight is 321 g/mol. The first-order valence-electron chi connectivity index (χ1n) is 5.29. The van der Waals surface area contributed by atoms with Crippen molar-refractivity contribution >= 4 is 19.7 Å². The zero-order valence-electron chi connectivity index (χ0n) is 9.95. The van der Waals surface area contributed by atoms with Gasteiger partial charge in [0, 0.05) is 17.3 Å². The summed E-state index contributed by atoms with van der Waals surface area (Å²) >= 11 is 0. The van der Waals surface area contributed by atoms with Crippen LogP contribution in [0.4, 0.5) is 13.2 Å². The molecule has 0 N–H and O–H groups in total. The van der Waals surface area contributed by atoms with E-state index in [0.29, 0.717) is 17.7 Å². The maximum absolute atomic E-state index is 12.3. The van der Waals surface area contributed by atoms with Crippen LogP contribution in [0.25, 0.3) is 0 Å². The summed E-state index contributed by atoms with van der Waals surface area (Å²) in [5.41, 5.74) is -0.208. The molecule has 0 unspecified atom stereocenters. The predicted octanol–water partition coefficient (Wildman–Crippen LogP) is 2.30. The third-order valence-corrected chi connectivity index (χ3v) is 3.45. The predicted molar refractivity (Wildman–Crippen MR) is 61.3 cm³/mol. The first-order valence-corrected chi connectivity index (χ1v) is 7.60. The van der Waals surface area contributed by atoms with Gasteiger partial charge in [0.15, 0.2) is 0 Å². The fourth-order valence-electron chi connectivity index (χ4n) is 1.36. The first-order chi connectivity index (χ1) is 8.65. The van der Waals surface area contributed by atoms with Gasteiger partial charge in [-0.2, -0.15) is 18.3 Å². The fraction of sp³-hybridized carbons (Fsp3) is 0.667. The van der Waals surface area contributed by atoms with E-state index in [2.05, 4.69) is 5.10 Å². The molecule has 1 rings (SSSR count). The molecule has 10 heteroatoms. The van der Waals surface area contributed by atoms with E-state index in [1.165, 1.54) is 0 Å². The lowest BCUT2D eigenvalue weighted by atomic mass is 10.4. The quantitative estimate of drug-likeness (QED) is 0.596. The molecule has 0 saturated carbocycles. The van der Waals surface area contributed by atoms with Gasteiger partial charge in [-0.3, -0.25) is 4.68 Å². The number of hydrogen-bond acceptors (Lipinski definition) is 4. The van der Waals surface area contributed by atoms with Gasteiger partial charge in [0.1, 0.15) is 11.4 Å². The molecule has 1 aromatic heterocycles. The zero-order chi connectivity index (χ0) is 14.7. The van der Waals surface area contributed by atoms with E-state index in [4.69, 9.17) is 15.4 Å². The van der Waals surface area contributed by atoms with Gasteiger partial charge >= 0.3 is 6.18 Å². The Hall–Kier alpha value is -0.800. The van der Waals surface area contributed by atoms with Crippen LogP contribution in [0.2, 0.25) is 0 Å². The van der Waals surface area contributed by atoms with Gasteiger partial charge in [0.05, 0.1) is 18.5 Å². The van der Waals surface area contributed by atoms with Gasteiger partial charge in [-0.15, -0.1) is 0 Å². The summed E-state index contributed by atoms with van der Waals surface area (Å²) in [7, 11) is 0.979. The minimum absolute atomic E-state index is 0.208. The number of ether oxygens (including phenoxy) is 1. The molecule has 0 aliphatic carbocycles. The summed E-state index contributed by atoms with van der Waals surface area (Å²) in [6.07, 6.45) is -3.08. The van der Waals surface area contributed by atoms with E-state index in [-0.39, 0.29) is 12.3 Å². The number of aromatic nitrogens is 2. The topological polar surface area (TPSA) is 61.2 Å². The van der Waals surface area contributed by atoms with Gasteiger partial charge in [-0.25, -0.2) is 8.42 Å². The number of rotatable bonds is 6.